The molecule has 1 heterocycles. The number of halogens is 1. The molecular weight excluding hydrogens is 485 g/mol. The van der Waals surface area contributed by atoms with Gasteiger partial charge in [-0.2, -0.15) is 0 Å². The van der Waals surface area contributed by atoms with Gasteiger partial charge in [-0.15, -0.1) is 0 Å². The summed E-state index contributed by atoms with van der Waals surface area (Å²) in [5.74, 6) is 2.61. The molecule has 0 bridgehead atoms. The van der Waals surface area contributed by atoms with Gasteiger partial charge in [0.05, 0.1) is 0 Å². The number of benzene rings is 2. The first kappa shape index (κ1) is 34.8. The Hall–Kier alpha value is -2.20. The van der Waals surface area contributed by atoms with Crippen molar-refractivity contribution in [2.24, 2.45) is 11.8 Å². The molecular formula is C35H56FNO2. The molecule has 2 fully saturated rings. The summed E-state index contributed by atoms with van der Waals surface area (Å²) in [5.41, 5.74) is 2.80. The minimum Gasteiger partial charge on any atom is -0.483 e. The summed E-state index contributed by atoms with van der Waals surface area (Å²) < 4.78 is 12.7. The Kier molecular flexibility index (Phi) is 20.2. The van der Waals surface area contributed by atoms with E-state index in [9.17, 15) is 4.39 Å². The highest BCUT2D eigenvalue weighted by Crippen LogP contribution is 2.31. The number of hydrogen-bond acceptors (Lipinski definition) is 2. The molecule has 2 aliphatic rings. The van der Waals surface area contributed by atoms with Crippen LogP contribution in [0.1, 0.15) is 115 Å². The highest BCUT2D eigenvalue weighted by molar-refractivity contribution is 5.32. The molecule has 1 aliphatic heterocycles. The highest BCUT2D eigenvalue weighted by Gasteiger charge is 2.25. The predicted molar refractivity (Wildman–Crippen MR) is 165 cm³/mol. The maximum atomic E-state index is 12.7. The van der Waals surface area contributed by atoms with Crippen LogP contribution >= 0.6 is 0 Å². The first-order chi connectivity index (χ1) is 19.1. The van der Waals surface area contributed by atoms with Crippen LogP contribution in [0, 0.1) is 17.7 Å². The molecule has 2 aromatic carbocycles. The SMILES string of the molecule is CC.CCCC(CCC)CCCc1ccc(F)cc1.O=CO.c1ccc([C@@H]2CCN(CCC3CCC3)C2)cc1. The Morgan fingerprint density at radius 2 is 1.56 bits per heavy atom. The Balaban J connectivity index is 0.000000335. The predicted octanol–water partition coefficient (Wildman–Crippen LogP) is 9.76. The second-order valence-electron chi connectivity index (χ2n) is 10.8. The fourth-order valence-corrected chi connectivity index (χ4v) is 5.68. The van der Waals surface area contributed by atoms with Crippen molar-refractivity contribution in [3.05, 3.63) is 71.5 Å². The zero-order chi connectivity index (χ0) is 28.7. The van der Waals surface area contributed by atoms with E-state index < -0.39 is 0 Å². The van der Waals surface area contributed by atoms with Gasteiger partial charge >= 0.3 is 0 Å². The van der Waals surface area contributed by atoms with Gasteiger partial charge in [-0.1, -0.05) is 122 Å². The van der Waals surface area contributed by atoms with Crippen molar-refractivity contribution < 1.29 is 14.3 Å². The van der Waals surface area contributed by atoms with Gasteiger partial charge in [0.25, 0.3) is 6.47 Å². The molecule has 0 aromatic heterocycles. The van der Waals surface area contributed by atoms with Gasteiger partial charge < -0.3 is 10.0 Å². The van der Waals surface area contributed by atoms with Crippen LogP contribution < -0.4 is 0 Å². The Labute approximate surface area is 239 Å². The lowest BCUT2D eigenvalue weighted by Crippen LogP contribution is -2.25. The number of hydrogen-bond donors (Lipinski definition) is 1. The number of likely N-dealkylation sites (tertiary alicyclic amines) is 1. The summed E-state index contributed by atoms with van der Waals surface area (Å²) in [7, 11) is 0. The van der Waals surface area contributed by atoms with E-state index in [0.717, 1.165) is 24.2 Å². The summed E-state index contributed by atoms with van der Waals surface area (Å²) in [6.07, 6.45) is 16.2. The third kappa shape index (κ3) is 15.2. The van der Waals surface area contributed by atoms with E-state index in [2.05, 4.69) is 49.1 Å². The van der Waals surface area contributed by atoms with Gasteiger partial charge in [0.2, 0.25) is 0 Å². The summed E-state index contributed by atoms with van der Waals surface area (Å²) in [4.78, 5) is 11.0. The van der Waals surface area contributed by atoms with E-state index in [1.54, 1.807) is 17.7 Å². The van der Waals surface area contributed by atoms with Gasteiger partial charge in [0, 0.05) is 6.54 Å². The summed E-state index contributed by atoms with van der Waals surface area (Å²) in [6.45, 7) is 12.2. The summed E-state index contributed by atoms with van der Waals surface area (Å²) in [5, 5.41) is 6.89. The topological polar surface area (TPSA) is 40.5 Å². The quantitative estimate of drug-likeness (QED) is 0.272. The molecule has 1 N–H and O–H groups in total. The largest absolute Gasteiger partial charge is 0.483 e. The number of aryl methyl sites for hydroxylation is 1. The van der Waals surface area contributed by atoms with Gasteiger partial charge in [-0.3, -0.25) is 4.79 Å². The second kappa shape index (κ2) is 22.6. The molecule has 4 heteroatoms. The number of nitrogens with zero attached hydrogens (tertiary/aromatic N) is 1. The molecule has 2 aromatic rings. The Bertz CT molecular complexity index is 816. The second-order valence-corrected chi connectivity index (χ2v) is 10.8. The van der Waals surface area contributed by atoms with E-state index in [1.807, 2.05) is 26.0 Å². The normalized spacial score (nSPS) is 16.6. The third-order valence-electron chi connectivity index (χ3n) is 8.01. The van der Waals surface area contributed by atoms with Crippen LogP contribution in [-0.4, -0.2) is 36.1 Å². The number of rotatable bonds is 12. The maximum Gasteiger partial charge on any atom is 0.290 e. The molecule has 1 saturated heterocycles. The molecule has 3 nitrogen and oxygen atoms in total. The first-order valence-electron chi connectivity index (χ1n) is 15.7. The molecule has 220 valence electrons. The molecule has 0 radical (unpaired) electrons. The standard InChI is InChI=1S/C16H25F.C16H23N.C2H6.CH2O2/c1-3-6-14(7-4-2)8-5-9-15-10-12-16(17)13-11-15;1-2-7-15(8-3-1)16-10-12-17(13-16)11-9-14-5-4-6-14;1-2;2-1-3/h10-14H,3-9H2,1-2H3;1-3,7-8,14,16H,4-6,9-13H2;1-2H3;1H,(H,2,3)/t;16-;;/m.1../s1. The monoisotopic (exact) mass is 541 g/mol. The van der Waals surface area contributed by atoms with Crippen molar-refractivity contribution in [2.45, 2.75) is 111 Å². The lowest BCUT2D eigenvalue weighted by atomic mass is 9.83. The Morgan fingerprint density at radius 1 is 0.949 bits per heavy atom. The zero-order valence-corrected chi connectivity index (χ0v) is 25.3. The van der Waals surface area contributed by atoms with Crippen LogP contribution in [-0.2, 0) is 11.2 Å². The molecule has 1 aliphatic carbocycles. The number of carboxylic acid groups (broad SMARTS) is 1. The van der Waals surface area contributed by atoms with Gasteiger partial charge in [0.15, 0.2) is 0 Å². The highest BCUT2D eigenvalue weighted by atomic mass is 19.1. The van der Waals surface area contributed by atoms with E-state index in [-0.39, 0.29) is 12.3 Å². The maximum absolute atomic E-state index is 12.7. The van der Waals surface area contributed by atoms with Crippen molar-refractivity contribution in [1.82, 2.24) is 4.90 Å². The van der Waals surface area contributed by atoms with Crippen molar-refractivity contribution in [3.8, 4) is 0 Å². The molecule has 0 spiro atoms. The van der Waals surface area contributed by atoms with Crippen molar-refractivity contribution in [1.29, 1.82) is 0 Å². The average molecular weight is 542 g/mol. The smallest absolute Gasteiger partial charge is 0.290 e. The molecule has 1 saturated carbocycles. The van der Waals surface area contributed by atoms with Crippen molar-refractivity contribution >= 4 is 6.47 Å². The van der Waals surface area contributed by atoms with Crippen LogP contribution in [0.2, 0.25) is 0 Å². The van der Waals surface area contributed by atoms with E-state index in [4.69, 9.17) is 9.90 Å². The molecule has 4 rings (SSSR count). The lowest BCUT2D eigenvalue weighted by Gasteiger charge is -2.27. The van der Waals surface area contributed by atoms with Crippen LogP contribution in [0.3, 0.4) is 0 Å². The van der Waals surface area contributed by atoms with Gasteiger partial charge in [-0.25, -0.2) is 4.39 Å². The fourth-order valence-electron chi connectivity index (χ4n) is 5.68. The Morgan fingerprint density at radius 3 is 2.10 bits per heavy atom. The molecule has 1 atom stereocenters. The van der Waals surface area contributed by atoms with Gasteiger partial charge in [0.1, 0.15) is 5.82 Å². The zero-order valence-electron chi connectivity index (χ0n) is 25.3. The summed E-state index contributed by atoms with van der Waals surface area (Å²) >= 11 is 0. The van der Waals surface area contributed by atoms with Crippen molar-refractivity contribution in [2.75, 3.05) is 19.6 Å². The van der Waals surface area contributed by atoms with Crippen molar-refractivity contribution in [3.63, 3.8) is 0 Å². The summed E-state index contributed by atoms with van der Waals surface area (Å²) in [6, 6.07) is 18.0. The first-order valence-corrected chi connectivity index (χ1v) is 15.7. The van der Waals surface area contributed by atoms with Crippen LogP contribution in [0.4, 0.5) is 4.39 Å². The van der Waals surface area contributed by atoms with Crippen LogP contribution in [0.15, 0.2) is 54.6 Å². The fraction of sp³-hybridized carbons (Fsp3) is 0.629. The van der Waals surface area contributed by atoms with Gasteiger partial charge in [-0.05, 0) is 79.8 Å². The minimum absolute atomic E-state index is 0.136. The van der Waals surface area contributed by atoms with Crippen LogP contribution in [0.5, 0.6) is 0 Å². The van der Waals surface area contributed by atoms with Crippen LogP contribution in [0.25, 0.3) is 0 Å². The molecule has 0 unspecified atom stereocenters. The lowest BCUT2D eigenvalue weighted by molar-refractivity contribution is -0.122. The number of carbonyl (C=O) groups is 1. The van der Waals surface area contributed by atoms with E-state index in [0.29, 0.717) is 0 Å². The minimum atomic E-state index is -0.250. The molecule has 0 amide bonds. The molecule has 39 heavy (non-hydrogen) atoms. The average Bonchev–Trinajstić information content (AvgIpc) is 3.41. The van der Waals surface area contributed by atoms with E-state index >= 15 is 0 Å². The van der Waals surface area contributed by atoms with E-state index in [1.165, 1.54) is 95.8 Å². The third-order valence-corrected chi connectivity index (χ3v) is 8.01.